The third-order valence-electron chi connectivity index (χ3n) is 4.34. The van der Waals surface area contributed by atoms with Crippen molar-refractivity contribution in [2.24, 2.45) is 0 Å². The van der Waals surface area contributed by atoms with Crippen molar-refractivity contribution in [3.63, 3.8) is 0 Å². The molecule has 1 aliphatic carbocycles. The van der Waals surface area contributed by atoms with Gasteiger partial charge in [-0.2, -0.15) is 10.1 Å². The summed E-state index contributed by atoms with van der Waals surface area (Å²) >= 11 is 0. The van der Waals surface area contributed by atoms with Crippen LogP contribution in [0.3, 0.4) is 0 Å². The molecule has 1 N–H and O–H groups in total. The number of hydrogen-bond donors (Lipinski definition) is 1. The summed E-state index contributed by atoms with van der Waals surface area (Å²) in [4.78, 5) is 21.7. The molecule has 0 spiro atoms. The van der Waals surface area contributed by atoms with E-state index in [9.17, 15) is 4.79 Å². The Hall–Kier alpha value is -2.77. The van der Waals surface area contributed by atoms with E-state index < -0.39 is 0 Å². The maximum absolute atomic E-state index is 13.0. The van der Waals surface area contributed by atoms with Crippen LogP contribution >= 0.6 is 0 Å². The van der Waals surface area contributed by atoms with Gasteiger partial charge in [-0.25, -0.2) is 9.67 Å². The summed E-state index contributed by atoms with van der Waals surface area (Å²) in [6.45, 7) is 5.79. The largest absolute Gasteiger partial charge is 0.336 e. The number of aryl methyl sites for hydroxylation is 2. The third-order valence-corrected chi connectivity index (χ3v) is 4.34. The number of carbonyl (C=O) groups excluding carboxylic acids is 1. The average Bonchev–Trinajstić information content (AvgIpc) is 3.25. The van der Waals surface area contributed by atoms with Crippen LogP contribution in [-0.4, -0.2) is 30.8 Å². The Labute approximate surface area is 138 Å². The van der Waals surface area contributed by atoms with Gasteiger partial charge in [0.1, 0.15) is 6.33 Å². The van der Waals surface area contributed by atoms with Gasteiger partial charge in [-0.15, -0.1) is 0 Å². The second-order valence-electron chi connectivity index (χ2n) is 6.29. The van der Waals surface area contributed by atoms with Crippen molar-refractivity contribution in [3.05, 3.63) is 28.8 Å². The zero-order valence-corrected chi connectivity index (χ0v) is 13.8. The molecule has 0 fully saturated rings. The first-order valence-electron chi connectivity index (χ1n) is 8.05. The van der Waals surface area contributed by atoms with Crippen LogP contribution in [-0.2, 0) is 12.8 Å². The number of anilines is 1. The van der Waals surface area contributed by atoms with Gasteiger partial charge in [0.15, 0.2) is 0 Å². The first kappa shape index (κ1) is 14.8. The topological polar surface area (TPSA) is 98.7 Å². The molecule has 3 aromatic rings. The Morgan fingerprint density at radius 1 is 1.38 bits per heavy atom. The fraction of sp³-hybridized carbons (Fsp3) is 0.438. The van der Waals surface area contributed by atoms with E-state index in [2.05, 4.69) is 25.5 Å². The fourth-order valence-corrected chi connectivity index (χ4v) is 3.25. The van der Waals surface area contributed by atoms with Gasteiger partial charge >= 0.3 is 0 Å². The third kappa shape index (κ3) is 2.17. The normalized spacial score (nSPS) is 13.7. The van der Waals surface area contributed by atoms with Gasteiger partial charge in [-0.05, 0) is 45.6 Å². The molecule has 0 atom stereocenters. The van der Waals surface area contributed by atoms with E-state index >= 15 is 0 Å². The summed E-state index contributed by atoms with van der Waals surface area (Å²) in [6.07, 6.45) is 4.12. The summed E-state index contributed by atoms with van der Waals surface area (Å²) in [5, 5.41) is 11.7. The lowest BCUT2D eigenvalue weighted by atomic mass is 10.0. The van der Waals surface area contributed by atoms with Gasteiger partial charge < -0.3 is 4.52 Å². The zero-order valence-electron chi connectivity index (χ0n) is 13.8. The Morgan fingerprint density at radius 3 is 3.00 bits per heavy atom. The summed E-state index contributed by atoms with van der Waals surface area (Å²) < 4.78 is 6.97. The summed E-state index contributed by atoms with van der Waals surface area (Å²) in [5.74, 6) is 0.211. The minimum absolute atomic E-state index is 0.100. The van der Waals surface area contributed by atoms with Crippen molar-refractivity contribution in [1.29, 1.82) is 0 Å². The molecule has 0 unspecified atom stereocenters. The predicted octanol–water partition coefficient (Wildman–Crippen LogP) is 2.44. The number of nitrogens with one attached hydrogen (secondary N) is 1. The fourth-order valence-electron chi connectivity index (χ4n) is 3.25. The molecule has 0 aliphatic heterocycles. The molecule has 0 saturated carbocycles. The van der Waals surface area contributed by atoms with Crippen molar-refractivity contribution in [2.45, 2.75) is 46.1 Å². The van der Waals surface area contributed by atoms with Crippen molar-refractivity contribution in [2.75, 3.05) is 5.32 Å². The van der Waals surface area contributed by atoms with Gasteiger partial charge in [0.25, 0.3) is 11.6 Å². The number of aromatic nitrogens is 5. The monoisotopic (exact) mass is 326 g/mol. The summed E-state index contributed by atoms with van der Waals surface area (Å²) in [6, 6.07) is 0.100. The molecular formula is C16H18N6O2. The molecular weight excluding hydrogens is 308 g/mol. The SMILES string of the molecule is Cc1noc2nc3c(c(C(=O)Nc4ncnn4C(C)C)c12)CCC3. The van der Waals surface area contributed by atoms with Crippen molar-refractivity contribution in [1.82, 2.24) is 24.9 Å². The zero-order chi connectivity index (χ0) is 16.8. The number of hydrogen-bond acceptors (Lipinski definition) is 6. The van der Waals surface area contributed by atoms with Crippen molar-refractivity contribution < 1.29 is 9.32 Å². The lowest BCUT2D eigenvalue weighted by molar-refractivity contribution is 0.102. The van der Waals surface area contributed by atoms with E-state index in [1.807, 2.05) is 20.8 Å². The molecule has 1 aliphatic rings. The van der Waals surface area contributed by atoms with Crippen LogP contribution in [0.4, 0.5) is 5.95 Å². The van der Waals surface area contributed by atoms with Crippen LogP contribution in [0.2, 0.25) is 0 Å². The smallest absolute Gasteiger partial charge is 0.259 e. The molecule has 0 bridgehead atoms. The van der Waals surface area contributed by atoms with Gasteiger partial charge in [-0.1, -0.05) is 5.16 Å². The number of amides is 1. The van der Waals surface area contributed by atoms with Gasteiger partial charge in [0, 0.05) is 5.69 Å². The Morgan fingerprint density at radius 2 is 2.21 bits per heavy atom. The van der Waals surface area contributed by atoms with Crippen LogP contribution in [0, 0.1) is 6.92 Å². The van der Waals surface area contributed by atoms with Gasteiger partial charge in [-0.3, -0.25) is 10.1 Å². The number of pyridine rings is 1. The highest BCUT2D eigenvalue weighted by molar-refractivity contribution is 6.13. The average molecular weight is 326 g/mol. The molecule has 8 heteroatoms. The molecule has 3 aromatic heterocycles. The van der Waals surface area contributed by atoms with Crippen molar-refractivity contribution >= 4 is 23.0 Å². The van der Waals surface area contributed by atoms with E-state index in [0.717, 1.165) is 30.5 Å². The second kappa shape index (κ2) is 5.40. The molecule has 8 nitrogen and oxygen atoms in total. The first-order valence-corrected chi connectivity index (χ1v) is 8.05. The highest BCUT2D eigenvalue weighted by Crippen LogP contribution is 2.32. The van der Waals surface area contributed by atoms with Crippen LogP contribution in [0.15, 0.2) is 10.9 Å². The first-order chi connectivity index (χ1) is 11.6. The minimum atomic E-state index is -0.221. The summed E-state index contributed by atoms with van der Waals surface area (Å²) in [7, 11) is 0. The lowest BCUT2D eigenvalue weighted by Gasteiger charge is -2.12. The Balaban J connectivity index is 1.82. The van der Waals surface area contributed by atoms with Crippen LogP contribution in [0.25, 0.3) is 11.1 Å². The maximum atomic E-state index is 13.0. The quantitative estimate of drug-likeness (QED) is 0.793. The molecule has 124 valence electrons. The Kier molecular flexibility index (Phi) is 3.33. The molecule has 1 amide bonds. The molecule has 0 saturated heterocycles. The van der Waals surface area contributed by atoms with E-state index in [0.29, 0.717) is 28.3 Å². The van der Waals surface area contributed by atoms with Gasteiger partial charge in [0.2, 0.25) is 5.95 Å². The van der Waals surface area contributed by atoms with E-state index in [-0.39, 0.29) is 11.9 Å². The minimum Gasteiger partial charge on any atom is -0.336 e. The molecule has 3 heterocycles. The van der Waals surface area contributed by atoms with Crippen LogP contribution in [0.1, 0.15) is 53.6 Å². The standard InChI is InChI=1S/C16H18N6O2/c1-8(2)22-16(17-7-18-22)20-14(23)13-10-5-4-6-11(10)19-15-12(13)9(3)21-24-15/h7-8H,4-6H2,1-3H3,(H,17,18,20,23). The molecule has 0 aromatic carbocycles. The number of rotatable bonds is 3. The Bertz CT molecular complexity index is 940. The maximum Gasteiger partial charge on any atom is 0.259 e. The van der Waals surface area contributed by atoms with E-state index in [1.54, 1.807) is 4.68 Å². The highest BCUT2D eigenvalue weighted by atomic mass is 16.5. The van der Waals surface area contributed by atoms with Crippen LogP contribution < -0.4 is 5.32 Å². The van der Waals surface area contributed by atoms with Gasteiger partial charge in [0.05, 0.1) is 22.7 Å². The number of fused-ring (bicyclic) bond motifs is 2. The van der Waals surface area contributed by atoms with Crippen molar-refractivity contribution in [3.8, 4) is 0 Å². The van der Waals surface area contributed by atoms with E-state index in [4.69, 9.17) is 4.52 Å². The number of nitrogens with zero attached hydrogens (tertiary/aromatic N) is 5. The number of carbonyl (C=O) groups is 1. The highest BCUT2D eigenvalue weighted by Gasteiger charge is 2.28. The molecule has 4 rings (SSSR count). The molecule has 24 heavy (non-hydrogen) atoms. The molecule has 0 radical (unpaired) electrons. The lowest BCUT2D eigenvalue weighted by Crippen LogP contribution is -2.19. The summed E-state index contributed by atoms with van der Waals surface area (Å²) in [5.41, 5.74) is 3.60. The van der Waals surface area contributed by atoms with E-state index in [1.165, 1.54) is 6.33 Å². The van der Waals surface area contributed by atoms with Crippen LogP contribution in [0.5, 0.6) is 0 Å². The predicted molar refractivity (Wildman–Crippen MR) is 86.9 cm³/mol. The second-order valence-corrected chi connectivity index (χ2v) is 6.29.